The molecule has 1 amide bonds. The third-order valence-corrected chi connectivity index (χ3v) is 5.80. The molecule has 0 N–H and O–H groups in total. The van der Waals surface area contributed by atoms with E-state index in [2.05, 4.69) is 40.1 Å². The number of nitrogens with zero attached hydrogens (tertiary/aromatic N) is 7. The van der Waals surface area contributed by atoms with Crippen LogP contribution in [0.5, 0.6) is 0 Å². The van der Waals surface area contributed by atoms with Gasteiger partial charge in [0, 0.05) is 49.4 Å². The zero-order chi connectivity index (χ0) is 21.5. The normalized spacial score (nSPS) is 17.9. The second-order valence-corrected chi connectivity index (χ2v) is 8.46. The number of rotatable bonds is 4. The lowest BCUT2D eigenvalue weighted by atomic mass is 10.1. The van der Waals surface area contributed by atoms with Crippen LogP contribution in [0.3, 0.4) is 0 Å². The second kappa shape index (κ2) is 7.61. The number of carbonyl (C=O) groups excluding carboxylic acids is 1. The van der Waals surface area contributed by atoms with Gasteiger partial charge in [-0.2, -0.15) is 15.0 Å². The lowest BCUT2D eigenvalue weighted by molar-refractivity contribution is 0.0788. The molecular weight excluding hydrogens is 390 g/mol. The van der Waals surface area contributed by atoms with E-state index in [0.717, 1.165) is 23.9 Å². The van der Waals surface area contributed by atoms with Gasteiger partial charge in [-0.15, -0.1) is 0 Å². The largest absolute Gasteiger partial charge is 0.334 e. The third kappa shape index (κ3) is 3.58. The van der Waals surface area contributed by atoms with E-state index in [-0.39, 0.29) is 11.8 Å². The molecule has 31 heavy (non-hydrogen) atoms. The van der Waals surface area contributed by atoms with Gasteiger partial charge in [0.15, 0.2) is 0 Å². The number of hydrogen-bond acceptors (Lipinski definition) is 6. The first kappa shape index (κ1) is 19.4. The average Bonchev–Trinajstić information content (AvgIpc) is 3.49. The van der Waals surface area contributed by atoms with Crippen LogP contribution in [0.1, 0.15) is 41.6 Å². The smallest absolute Gasteiger partial charge is 0.256 e. The Labute approximate surface area is 181 Å². The lowest BCUT2D eigenvalue weighted by Gasteiger charge is -2.22. The molecule has 8 nitrogen and oxygen atoms in total. The minimum absolute atomic E-state index is 0.00900. The van der Waals surface area contributed by atoms with E-state index in [9.17, 15) is 4.79 Å². The van der Waals surface area contributed by atoms with Gasteiger partial charge in [-0.25, -0.2) is 9.97 Å². The first-order chi connectivity index (χ1) is 15.0. The molecule has 0 bridgehead atoms. The highest BCUT2D eigenvalue weighted by Crippen LogP contribution is 2.33. The van der Waals surface area contributed by atoms with Crippen molar-refractivity contribution in [2.45, 2.75) is 26.7 Å². The van der Waals surface area contributed by atoms with Crippen molar-refractivity contribution in [1.82, 2.24) is 29.9 Å². The molecule has 158 valence electrons. The molecule has 3 aromatic rings. The molecule has 1 fully saturated rings. The number of carbonyl (C=O) groups is 1. The number of aryl methyl sites for hydroxylation is 1. The zero-order valence-electron chi connectivity index (χ0n) is 17.9. The monoisotopic (exact) mass is 415 g/mol. The quantitative estimate of drug-likeness (QED) is 0.652. The summed E-state index contributed by atoms with van der Waals surface area (Å²) in [6.07, 6.45) is 5.38. The van der Waals surface area contributed by atoms with Crippen LogP contribution in [0.25, 0.3) is 5.69 Å². The fraction of sp³-hybridized carbons (Fsp3) is 0.348. The maximum absolute atomic E-state index is 13.3. The Morgan fingerprint density at radius 1 is 1.10 bits per heavy atom. The molecule has 1 aromatic carbocycles. The van der Waals surface area contributed by atoms with Crippen LogP contribution in [-0.2, 0) is 0 Å². The van der Waals surface area contributed by atoms with E-state index in [1.54, 1.807) is 12.4 Å². The standard InChI is InChI=1S/C23H25N7O/c1-15(2)22-26-16(3)10-21(27-22)28-11-17-13-29(14-18(17)12-28)23(31)19-6-4-5-7-20(19)30-24-8-9-25-30/h4-11,15,18H,12-14H2,1-3H3. The van der Waals surface area contributed by atoms with Crippen molar-refractivity contribution >= 4 is 11.7 Å². The summed E-state index contributed by atoms with van der Waals surface area (Å²) < 4.78 is 0. The maximum Gasteiger partial charge on any atom is 0.256 e. The molecule has 2 aliphatic rings. The predicted octanol–water partition coefficient (Wildman–Crippen LogP) is 2.97. The van der Waals surface area contributed by atoms with Gasteiger partial charge in [0.2, 0.25) is 0 Å². The van der Waals surface area contributed by atoms with Gasteiger partial charge in [0.05, 0.1) is 23.6 Å². The van der Waals surface area contributed by atoms with E-state index in [0.29, 0.717) is 30.3 Å². The van der Waals surface area contributed by atoms with Gasteiger partial charge < -0.3 is 9.80 Å². The van der Waals surface area contributed by atoms with E-state index in [1.807, 2.05) is 42.2 Å². The SMILES string of the molecule is Cc1cc(N2C=C3CN(C(=O)c4ccccc4-n4nccn4)CC3C2)nc(C(C)C)n1. The van der Waals surface area contributed by atoms with Crippen LogP contribution < -0.4 is 4.90 Å². The highest BCUT2D eigenvalue weighted by molar-refractivity contribution is 5.98. The molecule has 0 aliphatic carbocycles. The van der Waals surface area contributed by atoms with Crippen molar-refractivity contribution in [2.24, 2.45) is 5.92 Å². The summed E-state index contributed by atoms with van der Waals surface area (Å²) in [6.45, 7) is 8.37. The Hall–Kier alpha value is -3.55. The van der Waals surface area contributed by atoms with Gasteiger partial charge in [0.25, 0.3) is 5.91 Å². The summed E-state index contributed by atoms with van der Waals surface area (Å²) in [5.74, 6) is 2.41. The molecule has 1 unspecified atom stereocenters. The Balaban J connectivity index is 1.36. The number of hydrogen-bond donors (Lipinski definition) is 0. The molecular formula is C23H25N7O. The van der Waals surface area contributed by atoms with Crippen LogP contribution in [0.15, 0.2) is 54.5 Å². The fourth-order valence-electron chi connectivity index (χ4n) is 4.24. The number of amides is 1. The summed E-state index contributed by atoms with van der Waals surface area (Å²) in [6, 6.07) is 9.51. The van der Waals surface area contributed by atoms with Crippen LogP contribution >= 0.6 is 0 Å². The maximum atomic E-state index is 13.3. The van der Waals surface area contributed by atoms with Gasteiger partial charge in [-0.3, -0.25) is 4.79 Å². The third-order valence-electron chi connectivity index (χ3n) is 5.80. The van der Waals surface area contributed by atoms with E-state index in [4.69, 9.17) is 4.98 Å². The lowest BCUT2D eigenvalue weighted by Crippen LogP contribution is -2.32. The number of fused-ring (bicyclic) bond motifs is 1. The average molecular weight is 416 g/mol. The van der Waals surface area contributed by atoms with Crippen LogP contribution in [0.2, 0.25) is 0 Å². The van der Waals surface area contributed by atoms with Gasteiger partial charge in [-0.05, 0) is 24.6 Å². The summed E-state index contributed by atoms with van der Waals surface area (Å²) in [5, 5.41) is 8.38. The number of aromatic nitrogens is 5. The minimum Gasteiger partial charge on any atom is -0.334 e. The minimum atomic E-state index is 0.00900. The van der Waals surface area contributed by atoms with E-state index < -0.39 is 0 Å². The summed E-state index contributed by atoms with van der Waals surface area (Å²) in [7, 11) is 0. The first-order valence-corrected chi connectivity index (χ1v) is 10.6. The molecule has 4 heterocycles. The highest BCUT2D eigenvalue weighted by Gasteiger charge is 2.37. The van der Waals surface area contributed by atoms with Crippen LogP contribution in [0.4, 0.5) is 5.82 Å². The molecule has 2 aromatic heterocycles. The molecule has 0 radical (unpaired) electrons. The van der Waals surface area contributed by atoms with Gasteiger partial charge >= 0.3 is 0 Å². The molecule has 5 rings (SSSR count). The second-order valence-electron chi connectivity index (χ2n) is 8.46. The zero-order valence-corrected chi connectivity index (χ0v) is 17.9. The van der Waals surface area contributed by atoms with Crippen molar-refractivity contribution in [3.8, 4) is 5.69 Å². The van der Waals surface area contributed by atoms with E-state index in [1.165, 1.54) is 10.4 Å². The summed E-state index contributed by atoms with van der Waals surface area (Å²) in [5.41, 5.74) is 3.56. The number of benzene rings is 1. The number of para-hydroxylation sites is 1. The van der Waals surface area contributed by atoms with Crippen molar-refractivity contribution in [3.63, 3.8) is 0 Å². The molecule has 0 spiro atoms. The van der Waals surface area contributed by atoms with Crippen LogP contribution in [-0.4, -0.2) is 55.4 Å². The van der Waals surface area contributed by atoms with Gasteiger partial charge in [0.1, 0.15) is 11.6 Å². The summed E-state index contributed by atoms with van der Waals surface area (Å²) in [4.78, 5) is 28.2. The Morgan fingerprint density at radius 3 is 2.61 bits per heavy atom. The first-order valence-electron chi connectivity index (χ1n) is 10.6. The Bertz CT molecular complexity index is 1150. The van der Waals surface area contributed by atoms with Crippen molar-refractivity contribution < 1.29 is 4.79 Å². The van der Waals surface area contributed by atoms with Crippen molar-refractivity contribution in [3.05, 3.63) is 71.6 Å². The Kier molecular flexibility index (Phi) is 4.77. The molecule has 0 saturated carbocycles. The summed E-state index contributed by atoms with van der Waals surface area (Å²) >= 11 is 0. The predicted molar refractivity (Wildman–Crippen MR) is 117 cm³/mol. The van der Waals surface area contributed by atoms with Crippen LogP contribution in [0, 0.1) is 12.8 Å². The Morgan fingerprint density at radius 2 is 1.87 bits per heavy atom. The fourth-order valence-corrected chi connectivity index (χ4v) is 4.24. The van der Waals surface area contributed by atoms with E-state index >= 15 is 0 Å². The molecule has 1 saturated heterocycles. The molecule has 2 aliphatic heterocycles. The van der Waals surface area contributed by atoms with Crippen molar-refractivity contribution in [1.29, 1.82) is 0 Å². The van der Waals surface area contributed by atoms with Crippen molar-refractivity contribution in [2.75, 3.05) is 24.5 Å². The molecule has 8 heteroatoms. The number of likely N-dealkylation sites (tertiary alicyclic amines) is 1. The topological polar surface area (TPSA) is 80.0 Å². The highest BCUT2D eigenvalue weighted by atomic mass is 16.2. The van der Waals surface area contributed by atoms with Gasteiger partial charge in [-0.1, -0.05) is 26.0 Å². The molecule has 1 atom stereocenters. The number of anilines is 1.